The van der Waals surface area contributed by atoms with E-state index >= 15 is 0 Å². The topological polar surface area (TPSA) is 116 Å². The zero-order chi connectivity index (χ0) is 21.1. The Kier molecular flexibility index (Phi) is 5.76. The molecule has 0 saturated heterocycles. The quantitative estimate of drug-likeness (QED) is 0.713. The highest BCUT2D eigenvalue weighted by atomic mass is 16.5. The third-order valence-corrected chi connectivity index (χ3v) is 4.54. The maximum atomic E-state index is 12.6. The van der Waals surface area contributed by atoms with Crippen molar-refractivity contribution in [2.24, 2.45) is 0 Å². The number of carbonyl (C=O) groups excluding carboxylic acids is 3. The van der Waals surface area contributed by atoms with Gasteiger partial charge in [-0.1, -0.05) is 0 Å². The highest BCUT2D eigenvalue weighted by Gasteiger charge is 2.31. The molecule has 0 bridgehead atoms. The van der Waals surface area contributed by atoms with E-state index in [0.717, 1.165) is 5.39 Å². The summed E-state index contributed by atoms with van der Waals surface area (Å²) in [5.74, 6) is -0.629. The molecule has 1 atom stereocenters. The minimum atomic E-state index is -0.714. The number of nitrogens with one attached hydrogen (secondary N) is 2. The molecule has 1 aromatic carbocycles. The summed E-state index contributed by atoms with van der Waals surface area (Å²) >= 11 is 0. The van der Waals surface area contributed by atoms with Gasteiger partial charge in [0.15, 0.2) is 0 Å². The number of esters is 2. The molecule has 2 N–H and O–H groups in total. The number of rotatable bonds is 6. The van der Waals surface area contributed by atoms with Crippen LogP contribution in [0.4, 0.5) is 4.79 Å². The summed E-state index contributed by atoms with van der Waals surface area (Å²) < 4.78 is 21.2. The second-order valence-corrected chi connectivity index (χ2v) is 6.43. The van der Waals surface area contributed by atoms with Gasteiger partial charge < -0.3 is 29.3 Å². The van der Waals surface area contributed by atoms with Gasteiger partial charge in [-0.2, -0.15) is 0 Å². The highest BCUT2D eigenvalue weighted by molar-refractivity contribution is 5.97. The zero-order valence-electron chi connectivity index (χ0n) is 16.6. The Labute approximate surface area is 167 Å². The van der Waals surface area contributed by atoms with Crippen LogP contribution in [0.5, 0.6) is 5.75 Å². The van der Waals surface area contributed by atoms with Gasteiger partial charge in [0.1, 0.15) is 17.9 Å². The van der Waals surface area contributed by atoms with Crippen LogP contribution in [-0.2, 0) is 14.3 Å². The van der Waals surface area contributed by atoms with E-state index in [4.69, 9.17) is 18.6 Å². The maximum Gasteiger partial charge on any atom is 0.374 e. The van der Waals surface area contributed by atoms with Crippen molar-refractivity contribution in [2.45, 2.75) is 26.8 Å². The molecule has 0 unspecified atom stereocenters. The van der Waals surface area contributed by atoms with Crippen LogP contribution in [0.15, 0.2) is 33.9 Å². The minimum absolute atomic E-state index is 0.0415. The first-order valence-electron chi connectivity index (χ1n) is 9.07. The molecule has 1 aliphatic rings. The molecule has 0 saturated carbocycles. The third kappa shape index (κ3) is 4.03. The van der Waals surface area contributed by atoms with Crippen molar-refractivity contribution in [2.75, 3.05) is 20.3 Å². The fourth-order valence-corrected chi connectivity index (χ4v) is 3.12. The molecule has 2 amide bonds. The maximum absolute atomic E-state index is 12.6. The van der Waals surface area contributed by atoms with Gasteiger partial charge in [-0.15, -0.1) is 0 Å². The number of hydrogen-bond acceptors (Lipinski definition) is 7. The van der Waals surface area contributed by atoms with Gasteiger partial charge in [-0.25, -0.2) is 14.4 Å². The second-order valence-electron chi connectivity index (χ2n) is 6.43. The molecule has 0 spiro atoms. The van der Waals surface area contributed by atoms with Gasteiger partial charge in [0.25, 0.3) is 0 Å². The standard InChI is InChI=1S/C20H22N2O7/c1-5-27-18(23)16-11(3)21-20(25)22-14(16)9-28-19(24)17-10(2)13-8-12(26-4)6-7-15(13)29-17/h6-8,11H,5,9H2,1-4H3,(H2,21,22,25)/t11-/m0/s1. The third-order valence-electron chi connectivity index (χ3n) is 4.54. The van der Waals surface area contributed by atoms with Crippen LogP contribution in [0.25, 0.3) is 11.0 Å². The number of benzene rings is 1. The van der Waals surface area contributed by atoms with E-state index in [1.807, 2.05) is 0 Å². The largest absolute Gasteiger partial charge is 0.497 e. The fraction of sp³-hybridized carbons (Fsp3) is 0.350. The average Bonchev–Trinajstić information content (AvgIpc) is 3.01. The van der Waals surface area contributed by atoms with E-state index in [2.05, 4.69) is 10.6 Å². The van der Waals surface area contributed by atoms with E-state index < -0.39 is 24.0 Å². The van der Waals surface area contributed by atoms with E-state index in [1.165, 1.54) is 0 Å². The lowest BCUT2D eigenvalue weighted by Crippen LogP contribution is -2.50. The first-order valence-corrected chi connectivity index (χ1v) is 9.07. The first-order chi connectivity index (χ1) is 13.8. The SMILES string of the molecule is CCOC(=O)C1=C(COC(=O)c2oc3ccc(OC)cc3c2C)NC(=O)N[C@H]1C. The molecular formula is C20H22N2O7. The summed E-state index contributed by atoms with van der Waals surface area (Å²) in [6.07, 6.45) is 0. The lowest BCUT2D eigenvalue weighted by molar-refractivity contribution is -0.139. The summed E-state index contributed by atoms with van der Waals surface area (Å²) in [7, 11) is 1.55. The lowest BCUT2D eigenvalue weighted by Gasteiger charge is -2.26. The Bertz CT molecular complexity index is 1010. The van der Waals surface area contributed by atoms with Crippen LogP contribution in [0, 0.1) is 6.92 Å². The Morgan fingerprint density at radius 1 is 1.21 bits per heavy atom. The molecule has 0 fully saturated rings. The highest BCUT2D eigenvalue weighted by Crippen LogP contribution is 2.29. The zero-order valence-corrected chi connectivity index (χ0v) is 16.6. The van der Waals surface area contributed by atoms with Crippen LogP contribution in [0.1, 0.15) is 30.0 Å². The molecule has 3 rings (SSSR count). The number of aryl methyl sites for hydroxylation is 1. The molecule has 154 valence electrons. The molecule has 1 aliphatic heterocycles. The lowest BCUT2D eigenvalue weighted by atomic mass is 10.0. The van der Waals surface area contributed by atoms with Crippen molar-refractivity contribution in [1.29, 1.82) is 0 Å². The van der Waals surface area contributed by atoms with E-state index in [0.29, 0.717) is 16.9 Å². The Hall–Kier alpha value is -3.49. The average molecular weight is 402 g/mol. The Morgan fingerprint density at radius 2 is 1.97 bits per heavy atom. The summed E-state index contributed by atoms with van der Waals surface area (Å²) in [5.41, 5.74) is 1.49. The Morgan fingerprint density at radius 3 is 2.66 bits per heavy atom. The van der Waals surface area contributed by atoms with Crippen molar-refractivity contribution in [1.82, 2.24) is 10.6 Å². The molecule has 1 aromatic heterocycles. The van der Waals surface area contributed by atoms with E-state index in [9.17, 15) is 14.4 Å². The number of fused-ring (bicyclic) bond motifs is 1. The van der Waals surface area contributed by atoms with Crippen molar-refractivity contribution < 1.29 is 33.0 Å². The predicted octanol–water partition coefficient (Wildman–Crippen LogP) is 2.43. The van der Waals surface area contributed by atoms with E-state index in [1.54, 1.807) is 46.1 Å². The molecule has 0 aliphatic carbocycles. The van der Waals surface area contributed by atoms with Crippen molar-refractivity contribution in [3.05, 3.63) is 40.8 Å². The van der Waals surface area contributed by atoms with Gasteiger partial charge in [0, 0.05) is 10.9 Å². The number of hydrogen-bond donors (Lipinski definition) is 2. The molecule has 29 heavy (non-hydrogen) atoms. The van der Waals surface area contributed by atoms with Crippen molar-refractivity contribution >= 4 is 28.9 Å². The van der Waals surface area contributed by atoms with Crippen molar-refractivity contribution in [3.63, 3.8) is 0 Å². The van der Waals surface area contributed by atoms with Crippen molar-refractivity contribution in [3.8, 4) is 5.75 Å². The van der Waals surface area contributed by atoms with Gasteiger partial charge in [-0.3, -0.25) is 0 Å². The number of urea groups is 1. The number of amides is 2. The Balaban J connectivity index is 1.84. The first kappa shape index (κ1) is 20.2. The number of carbonyl (C=O) groups is 3. The molecule has 2 heterocycles. The van der Waals surface area contributed by atoms with Crippen LogP contribution in [0.3, 0.4) is 0 Å². The minimum Gasteiger partial charge on any atom is -0.497 e. The van der Waals surface area contributed by atoms with Crippen LogP contribution >= 0.6 is 0 Å². The summed E-state index contributed by atoms with van der Waals surface area (Å²) in [6, 6.07) is 4.11. The predicted molar refractivity (Wildman–Crippen MR) is 103 cm³/mol. The molecule has 0 radical (unpaired) electrons. The number of furan rings is 1. The molecule has 9 heteroatoms. The smallest absolute Gasteiger partial charge is 0.374 e. The summed E-state index contributed by atoms with van der Waals surface area (Å²) in [4.78, 5) is 36.6. The fourth-order valence-electron chi connectivity index (χ4n) is 3.12. The monoisotopic (exact) mass is 402 g/mol. The molecule has 2 aromatic rings. The van der Waals surface area contributed by atoms with Gasteiger partial charge >= 0.3 is 18.0 Å². The molecule has 9 nitrogen and oxygen atoms in total. The summed E-state index contributed by atoms with van der Waals surface area (Å²) in [6.45, 7) is 4.92. The normalized spacial score (nSPS) is 16.3. The van der Waals surface area contributed by atoms with Gasteiger partial charge in [-0.05, 0) is 39.0 Å². The van der Waals surface area contributed by atoms with Gasteiger partial charge in [0.05, 0.1) is 31.0 Å². The van der Waals surface area contributed by atoms with Gasteiger partial charge in [0.2, 0.25) is 5.76 Å². The summed E-state index contributed by atoms with van der Waals surface area (Å²) in [5, 5.41) is 5.81. The molecular weight excluding hydrogens is 380 g/mol. The van der Waals surface area contributed by atoms with Crippen LogP contribution < -0.4 is 15.4 Å². The van der Waals surface area contributed by atoms with E-state index in [-0.39, 0.29) is 30.2 Å². The second kappa shape index (κ2) is 8.26. The number of ether oxygens (including phenoxy) is 3. The van der Waals surface area contributed by atoms with Crippen LogP contribution in [0.2, 0.25) is 0 Å². The van der Waals surface area contributed by atoms with Crippen LogP contribution in [-0.4, -0.2) is 44.3 Å². The number of methoxy groups -OCH3 is 1.